The lowest BCUT2D eigenvalue weighted by molar-refractivity contribution is 0.960. The van der Waals surface area contributed by atoms with Crippen LogP contribution in [0.15, 0.2) is 58.5 Å². The van der Waals surface area contributed by atoms with E-state index in [1.807, 2.05) is 0 Å². The average Bonchev–Trinajstić information content (AvgIpc) is 3.47. The van der Waals surface area contributed by atoms with Crippen molar-refractivity contribution in [2.75, 3.05) is 26.2 Å². The summed E-state index contributed by atoms with van der Waals surface area (Å²) in [5, 5.41) is 7.84. The molecule has 28 heavy (non-hydrogen) atoms. The Hall–Kier alpha value is -3.05. The van der Waals surface area contributed by atoms with Crippen molar-refractivity contribution in [2.24, 2.45) is 9.98 Å². The molecular formula is C22H22ClN5. The van der Waals surface area contributed by atoms with Crippen molar-refractivity contribution in [3.8, 4) is 0 Å². The third kappa shape index (κ3) is 3.66. The number of nitrogens with zero attached hydrogens (tertiary/aromatic N) is 2. The summed E-state index contributed by atoms with van der Waals surface area (Å²) in [7, 11) is 0. The van der Waals surface area contributed by atoms with E-state index < -0.39 is 0 Å². The molecule has 142 valence electrons. The van der Waals surface area contributed by atoms with E-state index in [2.05, 4.69) is 86.3 Å². The average molecular weight is 392 g/mol. The van der Waals surface area contributed by atoms with Crippen molar-refractivity contribution in [2.45, 2.75) is 0 Å². The van der Waals surface area contributed by atoms with Crippen LogP contribution in [0.3, 0.4) is 0 Å². The van der Waals surface area contributed by atoms with Crippen LogP contribution in [-0.2, 0) is 0 Å². The highest BCUT2D eigenvalue weighted by atomic mass is 35.5. The minimum absolute atomic E-state index is 0. The Morgan fingerprint density at radius 2 is 1.43 bits per heavy atom. The molecule has 0 unspecified atom stereocenters. The van der Waals surface area contributed by atoms with E-state index >= 15 is 0 Å². The molecule has 2 aromatic carbocycles. The van der Waals surface area contributed by atoms with Crippen LogP contribution in [0.5, 0.6) is 0 Å². The van der Waals surface area contributed by atoms with Crippen LogP contribution in [-0.4, -0.2) is 42.8 Å². The molecule has 0 fully saturated rings. The van der Waals surface area contributed by atoms with Gasteiger partial charge in [0.2, 0.25) is 0 Å². The zero-order valence-corrected chi connectivity index (χ0v) is 16.2. The first-order chi connectivity index (χ1) is 13.3. The molecule has 2 aliphatic heterocycles. The smallest absolute Gasteiger partial charge is 0.128 e. The first-order valence-corrected chi connectivity index (χ1v) is 9.33. The van der Waals surface area contributed by atoms with E-state index in [-0.39, 0.29) is 12.4 Å². The molecule has 5 rings (SSSR count). The quantitative estimate of drug-likeness (QED) is 0.637. The molecule has 0 atom stereocenters. The standard InChI is InChI=1S/C22H21N5.ClH/c1-4-16(21-23-9-10-24-21)5-2-15(1)3-8-19-13-17-6-7-18(14-20(17)27-19)22-25-11-12-26-22;/h1-8,13-14,27H,9-12H2,(H,23,24)(H,25,26);1H/b8-3+;. The predicted octanol–water partition coefficient (Wildman–Crippen LogP) is 3.46. The van der Waals surface area contributed by atoms with Crippen LogP contribution in [0.4, 0.5) is 0 Å². The maximum Gasteiger partial charge on any atom is 0.128 e. The van der Waals surface area contributed by atoms with Crippen LogP contribution >= 0.6 is 12.4 Å². The second kappa shape index (κ2) is 7.90. The van der Waals surface area contributed by atoms with Gasteiger partial charge in [0.05, 0.1) is 13.1 Å². The van der Waals surface area contributed by atoms with Crippen molar-refractivity contribution in [3.05, 3.63) is 70.9 Å². The number of fused-ring (bicyclic) bond motifs is 1. The summed E-state index contributed by atoms with van der Waals surface area (Å²) in [5.74, 6) is 1.99. The van der Waals surface area contributed by atoms with Gasteiger partial charge in [0, 0.05) is 40.8 Å². The van der Waals surface area contributed by atoms with Crippen molar-refractivity contribution in [3.63, 3.8) is 0 Å². The van der Waals surface area contributed by atoms with Gasteiger partial charge in [-0.15, -0.1) is 12.4 Å². The third-order valence-electron chi connectivity index (χ3n) is 4.90. The van der Waals surface area contributed by atoms with Gasteiger partial charge in [-0.1, -0.05) is 42.5 Å². The molecule has 1 aromatic heterocycles. The Morgan fingerprint density at radius 3 is 2.11 bits per heavy atom. The SMILES string of the molecule is C(=C\c1cc2ccc(C3=NCCN3)cc2[nH]1)/c1ccc(C2=NCCN2)cc1.Cl. The number of benzene rings is 2. The van der Waals surface area contributed by atoms with E-state index in [0.717, 1.165) is 60.2 Å². The van der Waals surface area contributed by atoms with Gasteiger partial charge in [-0.25, -0.2) is 0 Å². The highest BCUT2D eigenvalue weighted by Crippen LogP contribution is 2.20. The summed E-state index contributed by atoms with van der Waals surface area (Å²) < 4.78 is 0. The summed E-state index contributed by atoms with van der Waals surface area (Å²) >= 11 is 0. The number of nitrogens with one attached hydrogen (secondary N) is 3. The Balaban J connectivity index is 0.00000192. The molecule has 0 bridgehead atoms. The fraction of sp³-hybridized carbons (Fsp3) is 0.182. The molecule has 0 aliphatic carbocycles. The second-order valence-electron chi connectivity index (χ2n) is 6.80. The Labute approximate surface area is 170 Å². The first-order valence-electron chi connectivity index (χ1n) is 9.33. The van der Waals surface area contributed by atoms with Gasteiger partial charge in [-0.3, -0.25) is 9.98 Å². The van der Waals surface area contributed by atoms with Crippen LogP contribution in [0.1, 0.15) is 22.4 Å². The number of amidine groups is 2. The molecule has 3 N–H and O–H groups in total. The van der Waals surface area contributed by atoms with Crippen LogP contribution in [0.25, 0.3) is 23.1 Å². The normalized spacial score (nSPS) is 15.9. The Kier molecular flexibility index (Phi) is 5.17. The van der Waals surface area contributed by atoms with Crippen LogP contribution in [0, 0.1) is 0 Å². The molecule has 2 aliphatic rings. The third-order valence-corrected chi connectivity index (χ3v) is 4.90. The van der Waals surface area contributed by atoms with E-state index in [1.165, 1.54) is 10.9 Å². The Morgan fingerprint density at radius 1 is 0.750 bits per heavy atom. The van der Waals surface area contributed by atoms with Gasteiger partial charge in [0.15, 0.2) is 0 Å². The predicted molar refractivity (Wildman–Crippen MR) is 120 cm³/mol. The highest BCUT2D eigenvalue weighted by molar-refractivity contribution is 6.02. The van der Waals surface area contributed by atoms with Gasteiger partial charge in [0.1, 0.15) is 11.7 Å². The maximum absolute atomic E-state index is 4.50. The molecule has 0 saturated heterocycles. The minimum atomic E-state index is 0. The van der Waals surface area contributed by atoms with E-state index in [0.29, 0.717) is 0 Å². The number of halogens is 1. The number of hydrogen-bond acceptors (Lipinski definition) is 4. The molecule has 0 amide bonds. The van der Waals surface area contributed by atoms with Gasteiger partial charge >= 0.3 is 0 Å². The topological polar surface area (TPSA) is 64.6 Å². The molecule has 0 radical (unpaired) electrons. The van der Waals surface area contributed by atoms with Gasteiger partial charge < -0.3 is 15.6 Å². The lowest BCUT2D eigenvalue weighted by Gasteiger charge is -2.02. The van der Waals surface area contributed by atoms with Crippen molar-refractivity contribution >= 4 is 47.1 Å². The first kappa shape index (κ1) is 18.3. The van der Waals surface area contributed by atoms with E-state index in [9.17, 15) is 0 Å². The van der Waals surface area contributed by atoms with Gasteiger partial charge in [-0.05, 0) is 23.8 Å². The molecule has 5 nitrogen and oxygen atoms in total. The van der Waals surface area contributed by atoms with Crippen molar-refractivity contribution in [1.29, 1.82) is 0 Å². The summed E-state index contributed by atoms with van der Waals surface area (Å²) in [6.45, 7) is 3.58. The zero-order chi connectivity index (χ0) is 18.1. The maximum atomic E-state index is 4.50. The number of aromatic nitrogens is 1. The fourth-order valence-electron chi connectivity index (χ4n) is 3.51. The highest BCUT2D eigenvalue weighted by Gasteiger charge is 2.09. The molecule has 3 aromatic rings. The number of H-pyrrole nitrogens is 1. The largest absolute Gasteiger partial charge is 0.368 e. The molecule has 6 heteroatoms. The van der Waals surface area contributed by atoms with Crippen LogP contribution in [0.2, 0.25) is 0 Å². The summed E-state index contributed by atoms with van der Waals surface area (Å²) in [4.78, 5) is 12.4. The second-order valence-corrected chi connectivity index (χ2v) is 6.80. The van der Waals surface area contributed by atoms with Crippen molar-refractivity contribution in [1.82, 2.24) is 15.6 Å². The lowest BCUT2D eigenvalue weighted by atomic mass is 10.1. The summed E-state index contributed by atoms with van der Waals surface area (Å²) in [5.41, 5.74) is 5.67. The monoisotopic (exact) mass is 391 g/mol. The van der Waals surface area contributed by atoms with Crippen molar-refractivity contribution < 1.29 is 0 Å². The van der Waals surface area contributed by atoms with E-state index in [4.69, 9.17) is 0 Å². The number of aromatic amines is 1. The number of rotatable bonds is 4. The molecule has 0 saturated carbocycles. The number of aliphatic imine (C=N–C) groups is 2. The van der Waals surface area contributed by atoms with Crippen LogP contribution < -0.4 is 10.6 Å². The molecule has 3 heterocycles. The molecular weight excluding hydrogens is 370 g/mol. The van der Waals surface area contributed by atoms with Gasteiger partial charge in [0.25, 0.3) is 0 Å². The van der Waals surface area contributed by atoms with E-state index in [1.54, 1.807) is 0 Å². The van der Waals surface area contributed by atoms with Gasteiger partial charge in [-0.2, -0.15) is 0 Å². The zero-order valence-electron chi connectivity index (χ0n) is 15.4. The lowest BCUT2D eigenvalue weighted by Crippen LogP contribution is -2.19. The fourth-order valence-corrected chi connectivity index (χ4v) is 3.51. The minimum Gasteiger partial charge on any atom is -0.368 e. The summed E-state index contributed by atoms with van der Waals surface area (Å²) in [6.07, 6.45) is 4.24. The number of hydrogen-bond donors (Lipinski definition) is 3. The summed E-state index contributed by atoms with van der Waals surface area (Å²) in [6, 6.07) is 17.1. The molecule has 0 spiro atoms. The Bertz CT molecular complexity index is 1080.